The summed E-state index contributed by atoms with van der Waals surface area (Å²) in [4.78, 5) is 0. The Morgan fingerprint density at radius 1 is 1.11 bits per heavy atom. The maximum atomic E-state index is 4.23. The topological polar surface area (TPSA) is 0 Å². The summed E-state index contributed by atoms with van der Waals surface area (Å²) >= 11 is 0. The molecule has 0 N–H and O–H groups in total. The summed E-state index contributed by atoms with van der Waals surface area (Å²) in [6.45, 7) is 8.85. The second kappa shape index (κ2) is 11.7. The van der Waals surface area contributed by atoms with Crippen LogP contribution in [0.2, 0.25) is 0 Å². The van der Waals surface area contributed by atoms with Gasteiger partial charge in [0.15, 0.2) is 0 Å². The number of hydrogen-bond donors (Lipinski definition) is 0. The molecule has 1 saturated carbocycles. The van der Waals surface area contributed by atoms with Crippen molar-refractivity contribution in [1.82, 2.24) is 0 Å². The molecule has 0 radical (unpaired) electrons. The molecular formula is C27H36. The SMILES string of the molecule is C=C1CCCCC1/C=C/C=C/CCC(CC)(CC)CC#Cc1ccccc1. The van der Waals surface area contributed by atoms with Gasteiger partial charge in [-0.15, -0.1) is 0 Å². The predicted molar refractivity (Wildman–Crippen MR) is 120 cm³/mol. The average Bonchev–Trinajstić information content (AvgIpc) is 2.71. The lowest BCUT2D eigenvalue weighted by Crippen LogP contribution is -2.17. The lowest BCUT2D eigenvalue weighted by atomic mass is 9.75. The van der Waals surface area contributed by atoms with E-state index in [0.29, 0.717) is 11.3 Å². The minimum absolute atomic E-state index is 0.341. The Morgan fingerprint density at radius 3 is 2.59 bits per heavy atom. The third-order valence-electron chi connectivity index (χ3n) is 6.19. The third-order valence-corrected chi connectivity index (χ3v) is 6.19. The molecule has 0 spiro atoms. The van der Waals surface area contributed by atoms with E-state index in [2.05, 4.69) is 80.8 Å². The first-order valence-electron chi connectivity index (χ1n) is 10.7. The quantitative estimate of drug-likeness (QED) is 0.251. The fourth-order valence-electron chi connectivity index (χ4n) is 3.90. The molecule has 0 aliphatic heterocycles. The van der Waals surface area contributed by atoms with Crippen molar-refractivity contribution in [3.8, 4) is 11.8 Å². The van der Waals surface area contributed by atoms with Gasteiger partial charge in [-0.2, -0.15) is 0 Å². The van der Waals surface area contributed by atoms with Gasteiger partial charge in [0.05, 0.1) is 0 Å². The Balaban J connectivity index is 1.82. The monoisotopic (exact) mass is 360 g/mol. The molecule has 0 saturated heterocycles. The van der Waals surface area contributed by atoms with Crippen LogP contribution in [0.25, 0.3) is 0 Å². The van der Waals surface area contributed by atoms with Gasteiger partial charge < -0.3 is 0 Å². The van der Waals surface area contributed by atoms with E-state index in [1.807, 2.05) is 6.07 Å². The molecule has 144 valence electrons. The molecule has 0 amide bonds. The van der Waals surface area contributed by atoms with Crippen LogP contribution in [0.1, 0.15) is 77.2 Å². The molecule has 0 nitrogen and oxygen atoms in total. The smallest absolute Gasteiger partial charge is 0.0245 e. The van der Waals surface area contributed by atoms with Gasteiger partial charge in [-0.05, 0) is 68.4 Å². The number of rotatable bonds is 8. The summed E-state index contributed by atoms with van der Waals surface area (Å²) in [5, 5.41) is 0. The van der Waals surface area contributed by atoms with Crippen molar-refractivity contribution in [3.05, 3.63) is 72.4 Å². The van der Waals surface area contributed by atoms with Gasteiger partial charge in [0.25, 0.3) is 0 Å². The minimum Gasteiger partial charge on any atom is -0.0993 e. The molecule has 1 aliphatic carbocycles. The summed E-state index contributed by atoms with van der Waals surface area (Å²) < 4.78 is 0. The Kier molecular flexibility index (Phi) is 9.20. The largest absolute Gasteiger partial charge is 0.0993 e. The summed E-state index contributed by atoms with van der Waals surface area (Å²) in [7, 11) is 0. The summed E-state index contributed by atoms with van der Waals surface area (Å²) in [5.41, 5.74) is 2.87. The fourth-order valence-corrected chi connectivity index (χ4v) is 3.90. The predicted octanol–water partition coefficient (Wildman–Crippen LogP) is 7.87. The van der Waals surface area contributed by atoms with E-state index in [9.17, 15) is 0 Å². The van der Waals surface area contributed by atoms with Gasteiger partial charge in [-0.25, -0.2) is 0 Å². The molecule has 1 aromatic carbocycles. The highest BCUT2D eigenvalue weighted by Crippen LogP contribution is 2.35. The highest BCUT2D eigenvalue weighted by atomic mass is 14.3. The van der Waals surface area contributed by atoms with Gasteiger partial charge in [0.1, 0.15) is 0 Å². The number of allylic oxidation sites excluding steroid dienone is 5. The first-order chi connectivity index (χ1) is 13.2. The zero-order chi connectivity index (χ0) is 19.4. The van der Waals surface area contributed by atoms with E-state index in [1.54, 1.807) is 0 Å². The Hall–Kier alpha value is -2.00. The normalized spacial score (nSPS) is 18.0. The van der Waals surface area contributed by atoms with Crippen molar-refractivity contribution in [2.45, 2.75) is 71.6 Å². The van der Waals surface area contributed by atoms with Crippen LogP contribution in [-0.4, -0.2) is 0 Å². The molecular weight excluding hydrogens is 324 g/mol. The lowest BCUT2D eigenvalue weighted by molar-refractivity contribution is 0.249. The zero-order valence-electron chi connectivity index (χ0n) is 17.3. The lowest BCUT2D eigenvalue weighted by Gasteiger charge is -2.29. The average molecular weight is 361 g/mol. The van der Waals surface area contributed by atoms with E-state index in [0.717, 1.165) is 18.4 Å². The highest BCUT2D eigenvalue weighted by molar-refractivity contribution is 5.33. The Morgan fingerprint density at radius 2 is 1.89 bits per heavy atom. The van der Waals surface area contributed by atoms with Crippen LogP contribution in [-0.2, 0) is 0 Å². The van der Waals surface area contributed by atoms with Gasteiger partial charge in [0, 0.05) is 12.0 Å². The second-order valence-electron chi connectivity index (χ2n) is 7.91. The summed E-state index contributed by atoms with van der Waals surface area (Å²) in [6.07, 6.45) is 20.0. The molecule has 0 heteroatoms. The molecule has 0 bridgehead atoms. The van der Waals surface area contributed by atoms with Crippen LogP contribution >= 0.6 is 0 Å². The van der Waals surface area contributed by atoms with Crippen molar-refractivity contribution >= 4 is 0 Å². The molecule has 1 unspecified atom stereocenters. The molecule has 0 heterocycles. The maximum Gasteiger partial charge on any atom is 0.0245 e. The van der Waals surface area contributed by atoms with Crippen LogP contribution in [0.3, 0.4) is 0 Å². The number of benzene rings is 1. The fraction of sp³-hybridized carbons (Fsp3) is 0.481. The van der Waals surface area contributed by atoms with Crippen molar-refractivity contribution in [3.63, 3.8) is 0 Å². The van der Waals surface area contributed by atoms with Crippen molar-refractivity contribution < 1.29 is 0 Å². The van der Waals surface area contributed by atoms with Gasteiger partial charge in [0.2, 0.25) is 0 Å². The minimum atomic E-state index is 0.341. The molecule has 1 atom stereocenters. The number of hydrogen-bond acceptors (Lipinski definition) is 0. The zero-order valence-corrected chi connectivity index (χ0v) is 17.3. The van der Waals surface area contributed by atoms with Gasteiger partial charge >= 0.3 is 0 Å². The molecule has 0 aromatic heterocycles. The molecule has 1 aromatic rings. The van der Waals surface area contributed by atoms with Crippen molar-refractivity contribution in [2.24, 2.45) is 11.3 Å². The first-order valence-corrected chi connectivity index (χ1v) is 10.7. The van der Waals surface area contributed by atoms with E-state index in [1.165, 1.54) is 50.5 Å². The van der Waals surface area contributed by atoms with Crippen LogP contribution in [0.4, 0.5) is 0 Å². The van der Waals surface area contributed by atoms with E-state index in [-0.39, 0.29) is 0 Å². The highest BCUT2D eigenvalue weighted by Gasteiger charge is 2.23. The van der Waals surface area contributed by atoms with Crippen molar-refractivity contribution in [1.29, 1.82) is 0 Å². The van der Waals surface area contributed by atoms with Gasteiger partial charge in [-0.3, -0.25) is 0 Å². The summed E-state index contributed by atoms with van der Waals surface area (Å²) in [5.74, 6) is 7.38. The van der Waals surface area contributed by atoms with Crippen LogP contribution < -0.4 is 0 Å². The second-order valence-corrected chi connectivity index (χ2v) is 7.91. The molecule has 1 fully saturated rings. The van der Waals surface area contributed by atoms with Gasteiger partial charge in [-0.1, -0.05) is 86.8 Å². The van der Waals surface area contributed by atoms with E-state index in [4.69, 9.17) is 0 Å². The first kappa shape index (κ1) is 21.3. The third kappa shape index (κ3) is 7.26. The van der Waals surface area contributed by atoms with Crippen LogP contribution in [0, 0.1) is 23.2 Å². The van der Waals surface area contributed by atoms with E-state index >= 15 is 0 Å². The van der Waals surface area contributed by atoms with Crippen LogP contribution in [0.15, 0.2) is 66.8 Å². The van der Waals surface area contributed by atoms with E-state index < -0.39 is 0 Å². The molecule has 1 aliphatic rings. The van der Waals surface area contributed by atoms with Crippen molar-refractivity contribution in [2.75, 3.05) is 0 Å². The van der Waals surface area contributed by atoms with Crippen LogP contribution in [0.5, 0.6) is 0 Å². The molecule has 27 heavy (non-hydrogen) atoms. The molecule has 2 rings (SSSR count). The Labute approximate surface area is 167 Å². The standard InChI is InChI=1S/C27H36/c1-4-27(5-2,23-15-19-25-17-9-8-10-18-25)22-14-7-6-11-20-26-21-13-12-16-24(26)3/h6-11,17-18,20,26H,3-5,12-14,16,21-23H2,1-2H3/b7-6+,20-11+. The summed E-state index contributed by atoms with van der Waals surface area (Å²) in [6, 6.07) is 10.3. The maximum absolute atomic E-state index is 4.23. The Bertz CT molecular complexity index is 674.